The highest BCUT2D eigenvalue weighted by Crippen LogP contribution is 2.43. The normalized spacial score (nSPS) is 23.1. The average Bonchev–Trinajstić information content (AvgIpc) is 3.31. The summed E-state index contributed by atoms with van der Waals surface area (Å²) in [5.74, 6) is 0.709. The van der Waals surface area contributed by atoms with Crippen LogP contribution in [0.15, 0.2) is 48.5 Å². The van der Waals surface area contributed by atoms with Gasteiger partial charge in [0.25, 0.3) is 0 Å². The monoisotopic (exact) mass is 512 g/mol. The maximum absolute atomic E-state index is 12.7. The van der Waals surface area contributed by atoms with Gasteiger partial charge in [0.1, 0.15) is 12.3 Å². The van der Waals surface area contributed by atoms with Crippen LogP contribution in [0.1, 0.15) is 48.6 Å². The average molecular weight is 513 g/mol. The van der Waals surface area contributed by atoms with Gasteiger partial charge in [-0.05, 0) is 43.4 Å². The van der Waals surface area contributed by atoms with Crippen LogP contribution >= 0.6 is 23.2 Å². The number of carbonyl (C=O) groups is 1. The van der Waals surface area contributed by atoms with Gasteiger partial charge in [-0.25, -0.2) is 9.48 Å². The van der Waals surface area contributed by atoms with E-state index >= 15 is 0 Å². The van der Waals surface area contributed by atoms with Crippen molar-refractivity contribution in [2.75, 3.05) is 6.54 Å². The van der Waals surface area contributed by atoms with Crippen LogP contribution in [0.3, 0.4) is 0 Å². The predicted octanol–water partition coefficient (Wildman–Crippen LogP) is 5.77. The van der Waals surface area contributed by atoms with Gasteiger partial charge < -0.3 is 14.4 Å². The van der Waals surface area contributed by atoms with Gasteiger partial charge in [0.2, 0.25) is 0 Å². The Morgan fingerprint density at radius 2 is 1.77 bits per heavy atom. The van der Waals surface area contributed by atoms with E-state index in [9.17, 15) is 4.79 Å². The van der Waals surface area contributed by atoms with Crippen LogP contribution in [-0.4, -0.2) is 44.7 Å². The van der Waals surface area contributed by atoms with Crippen molar-refractivity contribution in [2.45, 2.75) is 57.0 Å². The topological polar surface area (TPSA) is 69.5 Å². The third kappa shape index (κ3) is 4.53. The van der Waals surface area contributed by atoms with Crippen LogP contribution in [-0.2, 0) is 22.7 Å². The third-order valence-electron chi connectivity index (χ3n) is 7.26. The summed E-state index contributed by atoms with van der Waals surface area (Å²) in [5.41, 5.74) is 3.50. The molecule has 3 aromatic rings. The molecule has 1 saturated heterocycles. The van der Waals surface area contributed by atoms with Crippen LogP contribution in [0.2, 0.25) is 10.0 Å². The Balaban J connectivity index is 1.11. The number of benzene rings is 2. The molecule has 0 N–H and O–H groups in total. The lowest BCUT2D eigenvalue weighted by atomic mass is 10.1. The molecule has 2 heterocycles. The van der Waals surface area contributed by atoms with Gasteiger partial charge in [0, 0.05) is 24.4 Å². The zero-order valence-corrected chi connectivity index (χ0v) is 20.7. The molecule has 2 saturated carbocycles. The molecule has 0 radical (unpaired) electrons. The lowest BCUT2D eigenvalue weighted by Crippen LogP contribution is -2.42. The number of ether oxygens (including phenoxy) is 2. The molecule has 3 fully saturated rings. The predicted molar refractivity (Wildman–Crippen MR) is 132 cm³/mol. The molecule has 0 spiro atoms. The summed E-state index contributed by atoms with van der Waals surface area (Å²) in [7, 11) is 0. The lowest BCUT2D eigenvalue weighted by molar-refractivity contribution is -0.0131. The highest BCUT2D eigenvalue weighted by atomic mass is 35.5. The molecule has 2 bridgehead atoms. The van der Waals surface area contributed by atoms with E-state index in [4.69, 9.17) is 32.7 Å². The number of halogens is 2. The van der Waals surface area contributed by atoms with E-state index < -0.39 is 0 Å². The molecule has 1 aliphatic heterocycles. The second-order valence-corrected chi connectivity index (χ2v) is 10.4. The second-order valence-electron chi connectivity index (χ2n) is 9.61. The molecule has 2 aromatic carbocycles. The molecule has 182 valence electrons. The Morgan fingerprint density at radius 3 is 2.46 bits per heavy atom. The van der Waals surface area contributed by atoms with Crippen LogP contribution in [0.25, 0.3) is 5.69 Å². The highest BCUT2D eigenvalue weighted by molar-refractivity contribution is 6.37. The number of para-hydroxylation sites is 1. The van der Waals surface area contributed by atoms with E-state index in [0.717, 1.165) is 42.6 Å². The minimum Gasteiger partial charge on any atom is -0.445 e. The van der Waals surface area contributed by atoms with Crippen LogP contribution in [0, 0.1) is 5.92 Å². The van der Waals surface area contributed by atoms with Crippen LogP contribution < -0.4 is 0 Å². The van der Waals surface area contributed by atoms with Crippen molar-refractivity contribution >= 4 is 29.3 Å². The van der Waals surface area contributed by atoms with Gasteiger partial charge in [0.15, 0.2) is 0 Å². The molecule has 35 heavy (non-hydrogen) atoms. The molecule has 3 atom stereocenters. The standard InChI is InChI=1S/C26H26Cl2N4O3/c27-20-7-4-8-21(28)25(20)32-22(24(29-30-32)17-9-10-17)15-34-23-12-19-11-18(23)13-31(19)26(33)35-14-16-5-2-1-3-6-16/h1-8,17-19,23H,9-15H2/t18-,19-,23+/m0/s1. The van der Waals surface area contributed by atoms with Gasteiger partial charge >= 0.3 is 6.09 Å². The third-order valence-corrected chi connectivity index (χ3v) is 7.87. The van der Waals surface area contributed by atoms with E-state index in [-0.39, 0.29) is 18.2 Å². The quantitative estimate of drug-likeness (QED) is 0.402. The first-order chi connectivity index (χ1) is 17.1. The fourth-order valence-electron chi connectivity index (χ4n) is 5.32. The Bertz CT molecular complexity index is 1210. The van der Waals surface area contributed by atoms with Gasteiger partial charge in [-0.15, -0.1) is 5.10 Å². The molecule has 1 aromatic heterocycles. The first-order valence-electron chi connectivity index (χ1n) is 12.1. The largest absolute Gasteiger partial charge is 0.445 e. The van der Waals surface area contributed by atoms with Crippen LogP contribution in [0.5, 0.6) is 0 Å². The number of fused-ring (bicyclic) bond motifs is 2. The van der Waals surface area contributed by atoms with Crippen molar-refractivity contribution in [3.8, 4) is 5.69 Å². The van der Waals surface area contributed by atoms with E-state index in [1.165, 1.54) is 0 Å². The number of amides is 1. The van der Waals surface area contributed by atoms with Crippen molar-refractivity contribution < 1.29 is 14.3 Å². The molecule has 1 amide bonds. The lowest BCUT2D eigenvalue weighted by Gasteiger charge is -2.31. The summed E-state index contributed by atoms with van der Waals surface area (Å²) in [6.07, 6.45) is 3.79. The minimum atomic E-state index is -0.244. The Morgan fingerprint density at radius 1 is 1.00 bits per heavy atom. The van der Waals surface area contributed by atoms with E-state index in [0.29, 0.717) is 47.3 Å². The Kier molecular flexibility index (Phi) is 6.16. The Hall–Kier alpha value is -2.61. The number of hydrogen-bond acceptors (Lipinski definition) is 5. The molecule has 3 aliphatic rings. The number of carbonyl (C=O) groups excluding carboxylic acids is 1. The van der Waals surface area contributed by atoms with Crippen molar-refractivity contribution in [1.82, 2.24) is 19.9 Å². The number of rotatable bonds is 7. The summed E-state index contributed by atoms with van der Waals surface area (Å²) in [6, 6.07) is 15.3. The number of nitrogens with zero attached hydrogens (tertiary/aromatic N) is 4. The SMILES string of the molecule is O=C(OCc1ccccc1)N1C[C@@H]2C[C@H]1C[C@H]2OCc1c(C2CC2)nnn1-c1c(Cl)cccc1Cl. The Labute approximate surface area is 213 Å². The summed E-state index contributed by atoms with van der Waals surface area (Å²) in [4.78, 5) is 14.5. The molecule has 0 unspecified atom stereocenters. The molecule has 7 nitrogen and oxygen atoms in total. The molecular weight excluding hydrogens is 487 g/mol. The van der Waals surface area contributed by atoms with E-state index in [1.807, 2.05) is 41.3 Å². The maximum atomic E-state index is 12.7. The van der Waals surface area contributed by atoms with Crippen molar-refractivity contribution in [2.24, 2.45) is 5.92 Å². The summed E-state index contributed by atoms with van der Waals surface area (Å²) in [6.45, 7) is 1.33. The minimum absolute atomic E-state index is 0.0790. The van der Waals surface area contributed by atoms with E-state index in [2.05, 4.69) is 10.3 Å². The van der Waals surface area contributed by atoms with Gasteiger partial charge in [-0.3, -0.25) is 0 Å². The van der Waals surface area contributed by atoms with Crippen molar-refractivity contribution in [3.05, 3.63) is 75.5 Å². The zero-order valence-electron chi connectivity index (χ0n) is 19.1. The molecule has 9 heteroatoms. The number of aromatic nitrogens is 3. The molecule has 6 rings (SSSR count). The fourth-order valence-corrected chi connectivity index (χ4v) is 5.87. The van der Waals surface area contributed by atoms with Gasteiger partial charge in [-0.2, -0.15) is 0 Å². The van der Waals surface area contributed by atoms with E-state index in [1.54, 1.807) is 16.8 Å². The smallest absolute Gasteiger partial charge is 0.410 e. The molecular formula is C26H26Cl2N4O3. The maximum Gasteiger partial charge on any atom is 0.410 e. The van der Waals surface area contributed by atoms with Gasteiger partial charge in [-0.1, -0.05) is 64.8 Å². The molecule has 2 aliphatic carbocycles. The second kappa shape index (κ2) is 9.45. The number of hydrogen-bond donors (Lipinski definition) is 0. The summed E-state index contributed by atoms with van der Waals surface area (Å²) < 4.78 is 13.7. The highest BCUT2D eigenvalue weighted by Gasteiger charge is 2.48. The van der Waals surface area contributed by atoms with Crippen molar-refractivity contribution in [3.63, 3.8) is 0 Å². The number of likely N-dealkylation sites (tertiary alicyclic amines) is 1. The van der Waals surface area contributed by atoms with Crippen LogP contribution in [0.4, 0.5) is 4.79 Å². The first-order valence-corrected chi connectivity index (χ1v) is 12.8. The zero-order chi connectivity index (χ0) is 23.9. The number of piperidine rings is 1. The summed E-state index contributed by atoms with van der Waals surface area (Å²) in [5, 5.41) is 9.90. The van der Waals surface area contributed by atoms with Crippen molar-refractivity contribution in [1.29, 1.82) is 0 Å². The first kappa shape index (κ1) is 22.8. The van der Waals surface area contributed by atoms with Gasteiger partial charge in [0.05, 0.1) is 34.1 Å². The fraction of sp³-hybridized carbons (Fsp3) is 0.423. The summed E-state index contributed by atoms with van der Waals surface area (Å²) >= 11 is 12.9.